The van der Waals surface area contributed by atoms with Gasteiger partial charge in [0.1, 0.15) is 0 Å². The molecule has 0 spiro atoms. The molecule has 4 heteroatoms. The average molecular weight is 202 g/mol. The Labute approximate surface area is 86.1 Å². The number of amides is 1. The lowest BCUT2D eigenvalue weighted by Gasteiger charge is -2.32. The van der Waals surface area contributed by atoms with Crippen molar-refractivity contribution >= 4 is 5.91 Å². The van der Waals surface area contributed by atoms with Crippen molar-refractivity contribution in [1.82, 2.24) is 4.90 Å². The molecule has 0 aliphatic heterocycles. The molecule has 4 nitrogen and oxygen atoms in total. The first-order valence-corrected chi connectivity index (χ1v) is 5.07. The molecule has 84 valence electrons. The number of hydrogen-bond acceptors (Lipinski definition) is 3. The maximum absolute atomic E-state index is 11.1. The molecular formula is C10H22N2O2. The molecule has 0 heterocycles. The molecule has 0 aromatic rings. The SMILES string of the molecule is CCC(C(N)=O)N(CC)CC(C)(C)O. The fourth-order valence-electron chi connectivity index (χ4n) is 1.58. The van der Waals surface area contributed by atoms with Gasteiger partial charge in [-0.2, -0.15) is 0 Å². The lowest BCUT2D eigenvalue weighted by Crippen LogP contribution is -2.49. The molecule has 0 saturated heterocycles. The van der Waals surface area contributed by atoms with E-state index in [-0.39, 0.29) is 11.9 Å². The van der Waals surface area contributed by atoms with E-state index in [1.54, 1.807) is 13.8 Å². The summed E-state index contributed by atoms with van der Waals surface area (Å²) in [5.41, 5.74) is 4.49. The second kappa shape index (κ2) is 5.32. The first-order valence-electron chi connectivity index (χ1n) is 5.07. The first-order chi connectivity index (χ1) is 6.31. The predicted molar refractivity (Wildman–Crippen MR) is 56.8 cm³/mol. The molecule has 1 unspecified atom stereocenters. The summed E-state index contributed by atoms with van der Waals surface area (Å²) in [7, 11) is 0. The van der Waals surface area contributed by atoms with Crippen LogP contribution in [0.25, 0.3) is 0 Å². The van der Waals surface area contributed by atoms with Crippen molar-refractivity contribution in [2.75, 3.05) is 13.1 Å². The number of hydrogen-bond donors (Lipinski definition) is 2. The Hall–Kier alpha value is -0.610. The summed E-state index contributed by atoms with van der Waals surface area (Å²) in [5.74, 6) is -0.321. The summed E-state index contributed by atoms with van der Waals surface area (Å²) in [5, 5.41) is 9.65. The Morgan fingerprint density at radius 1 is 1.50 bits per heavy atom. The highest BCUT2D eigenvalue weighted by Crippen LogP contribution is 2.10. The third kappa shape index (κ3) is 4.58. The van der Waals surface area contributed by atoms with Crippen molar-refractivity contribution in [2.24, 2.45) is 5.73 Å². The van der Waals surface area contributed by atoms with Gasteiger partial charge in [-0.15, -0.1) is 0 Å². The Morgan fingerprint density at radius 2 is 2.00 bits per heavy atom. The van der Waals surface area contributed by atoms with Crippen molar-refractivity contribution < 1.29 is 9.90 Å². The van der Waals surface area contributed by atoms with E-state index in [2.05, 4.69) is 0 Å². The van der Waals surface area contributed by atoms with Crippen LogP contribution in [0, 0.1) is 0 Å². The molecule has 0 aliphatic rings. The van der Waals surface area contributed by atoms with E-state index in [0.29, 0.717) is 19.5 Å². The Bertz CT molecular complexity index is 187. The van der Waals surface area contributed by atoms with E-state index in [0.717, 1.165) is 0 Å². The highest BCUT2D eigenvalue weighted by molar-refractivity contribution is 5.79. The maximum Gasteiger partial charge on any atom is 0.234 e. The molecule has 0 fully saturated rings. The predicted octanol–water partition coefficient (Wildman–Crippen LogP) is 0.343. The average Bonchev–Trinajstić information content (AvgIpc) is 2.00. The third-order valence-corrected chi connectivity index (χ3v) is 2.15. The van der Waals surface area contributed by atoms with Gasteiger partial charge in [0, 0.05) is 6.54 Å². The van der Waals surface area contributed by atoms with Crippen molar-refractivity contribution in [2.45, 2.75) is 45.8 Å². The number of primary amides is 1. The fourth-order valence-corrected chi connectivity index (χ4v) is 1.58. The van der Waals surface area contributed by atoms with Gasteiger partial charge in [-0.25, -0.2) is 0 Å². The number of rotatable bonds is 6. The van der Waals surface area contributed by atoms with Crippen molar-refractivity contribution in [3.63, 3.8) is 0 Å². The molecule has 3 N–H and O–H groups in total. The van der Waals surface area contributed by atoms with Crippen LogP contribution in [0.3, 0.4) is 0 Å². The number of nitrogens with two attached hydrogens (primary N) is 1. The van der Waals surface area contributed by atoms with Gasteiger partial charge in [0.05, 0.1) is 11.6 Å². The van der Waals surface area contributed by atoms with E-state index in [1.165, 1.54) is 0 Å². The van der Waals surface area contributed by atoms with Gasteiger partial charge in [0.15, 0.2) is 0 Å². The minimum absolute atomic E-state index is 0.272. The lowest BCUT2D eigenvalue weighted by atomic mass is 10.1. The number of likely N-dealkylation sites (N-methyl/N-ethyl adjacent to an activating group) is 1. The molecule has 0 aromatic carbocycles. The number of aliphatic hydroxyl groups is 1. The lowest BCUT2D eigenvalue weighted by molar-refractivity contribution is -0.124. The number of carbonyl (C=O) groups excluding carboxylic acids is 1. The molecule has 1 atom stereocenters. The molecule has 0 radical (unpaired) electrons. The van der Waals surface area contributed by atoms with Crippen LogP contribution < -0.4 is 5.73 Å². The maximum atomic E-state index is 11.1. The van der Waals surface area contributed by atoms with Gasteiger partial charge < -0.3 is 10.8 Å². The minimum atomic E-state index is -0.793. The van der Waals surface area contributed by atoms with E-state index in [4.69, 9.17) is 5.73 Å². The number of carbonyl (C=O) groups is 1. The Morgan fingerprint density at radius 3 is 2.21 bits per heavy atom. The van der Waals surface area contributed by atoms with E-state index in [1.807, 2.05) is 18.7 Å². The Balaban J connectivity index is 4.45. The normalized spacial score (nSPS) is 14.4. The molecule has 0 saturated carbocycles. The summed E-state index contributed by atoms with van der Waals surface area (Å²) in [6.45, 7) is 8.50. The Kier molecular flexibility index (Phi) is 5.08. The summed E-state index contributed by atoms with van der Waals surface area (Å²) in [4.78, 5) is 13.0. The fraction of sp³-hybridized carbons (Fsp3) is 0.900. The van der Waals surface area contributed by atoms with Crippen LogP contribution in [0.5, 0.6) is 0 Å². The summed E-state index contributed by atoms with van der Waals surface area (Å²) < 4.78 is 0. The topological polar surface area (TPSA) is 66.6 Å². The first kappa shape index (κ1) is 13.4. The van der Waals surface area contributed by atoms with Crippen LogP contribution >= 0.6 is 0 Å². The van der Waals surface area contributed by atoms with Gasteiger partial charge >= 0.3 is 0 Å². The zero-order valence-corrected chi connectivity index (χ0v) is 9.58. The monoisotopic (exact) mass is 202 g/mol. The highest BCUT2D eigenvalue weighted by atomic mass is 16.3. The van der Waals surface area contributed by atoms with E-state index in [9.17, 15) is 9.90 Å². The highest BCUT2D eigenvalue weighted by Gasteiger charge is 2.25. The van der Waals surface area contributed by atoms with E-state index >= 15 is 0 Å². The molecule has 0 aromatic heterocycles. The summed E-state index contributed by atoms with van der Waals surface area (Å²) in [6.07, 6.45) is 0.680. The van der Waals surface area contributed by atoms with Crippen LogP contribution in [-0.4, -0.2) is 40.6 Å². The smallest absolute Gasteiger partial charge is 0.234 e. The zero-order chi connectivity index (χ0) is 11.4. The van der Waals surface area contributed by atoms with Gasteiger partial charge in [0.25, 0.3) is 0 Å². The molecule has 14 heavy (non-hydrogen) atoms. The van der Waals surface area contributed by atoms with Gasteiger partial charge in [-0.1, -0.05) is 13.8 Å². The van der Waals surface area contributed by atoms with Crippen LogP contribution in [0.1, 0.15) is 34.1 Å². The minimum Gasteiger partial charge on any atom is -0.389 e. The van der Waals surface area contributed by atoms with Crippen LogP contribution in [0.2, 0.25) is 0 Å². The van der Waals surface area contributed by atoms with Crippen molar-refractivity contribution in [3.05, 3.63) is 0 Å². The quantitative estimate of drug-likeness (QED) is 0.653. The number of nitrogens with zero attached hydrogens (tertiary/aromatic N) is 1. The molecular weight excluding hydrogens is 180 g/mol. The zero-order valence-electron chi connectivity index (χ0n) is 9.58. The summed E-state index contributed by atoms with van der Waals surface area (Å²) >= 11 is 0. The molecule has 1 amide bonds. The second-order valence-corrected chi connectivity index (χ2v) is 4.20. The van der Waals surface area contributed by atoms with Gasteiger partial charge in [-0.05, 0) is 26.8 Å². The van der Waals surface area contributed by atoms with E-state index < -0.39 is 5.60 Å². The standard InChI is InChI=1S/C10H22N2O2/c1-5-8(9(11)13)12(6-2)7-10(3,4)14/h8,14H,5-7H2,1-4H3,(H2,11,13). The van der Waals surface area contributed by atoms with Crippen LogP contribution in [0.4, 0.5) is 0 Å². The third-order valence-electron chi connectivity index (χ3n) is 2.15. The molecule has 0 aliphatic carbocycles. The molecule has 0 bridgehead atoms. The largest absolute Gasteiger partial charge is 0.389 e. The second-order valence-electron chi connectivity index (χ2n) is 4.20. The molecule has 0 rings (SSSR count). The van der Waals surface area contributed by atoms with Crippen LogP contribution in [0.15, 0.2) is 0 Å². The summed E-state index contributed by atoms with van der Waals surface area (Å²) in [6, 6.07) is -0.272. The van der Waals surface area contributed by atoms with Crippen molar-refractivity contribution in [1.29, 1.82) is 0 Å². The van der Waals surface area contributed by atoms with Gasteiger partial charge in [0.2, 0.25) is 5.91 Å². The van der Waals surface area contributed by atoms with Gasteiger partial charge in [-0.3, -0.25) is 9.69 Å². The van der Waals surface area contributed by atoms with Crippen molar-refractivity contribution in [3.8, 4) is 0 Å². The van der Waals surface area contributed by atoms with Crippen LogP contribution in [-0.2, 0) is 4.79 Å².